The fourth-order valence-corrected chi connectivity index (χ4v) is 2.24. The Morgan fingerprint density at radius 3 is 2.79 bits per heavy atom. The summed E-state index contributed by atoms with van der Waals surface area (Å²) in [6.07, 6.45) is 1.96. The lowest BCUT2D eigenvalue weighted by Crippen LogP contribution is -2.14. The quantitative estimate of drug-likeness (QED) is 0.732. The normalized spacial score (nSPS) is 21.5. The fraction of sp³-hybridized carbons (Fsp3) is 0.400. The molecule has 0 spiro atoms. The van der Waals surface area contributed by atoms with Crippen LogP contribution in [0.25, 0.3) is 0 Å². The fourth-order valence-electron chi connectivity index (χ4n) is 1.79. The largest absolute Gasteiger partial charge is 0.310 e. The summed E-state index contributed by atoms with van der Waals surface area (Å²) in [6, 6.07) is 2.86. The van der Waals surface area contributed by atoms with Gasteiger partial charge < -0.3 is 5.32 Å². The van der Waals surface area contributed by atoms with Gasteiger partial charge in [0.2, 0.25) is 0 Å². The topological polar surface area (TPSA) is 12.0 Å². The highest BCUT2D eigenvalue weighted by atomic mass is 35.5. The molecule has 1 fully saturated rings. The predicted octanol–water partition coefficient (Wildman–Crippen LogP) is 3.56. The maximum Gasteiger partial charge on any atom is 0.129 e. The van der Waals surface area contributed by atoms with Crippen molar-refractivity contribution in [1.82, 2.24) is 5.32 Å². The Morgan fingerprint density at radius 2 is 2.14 bits per heavy atom. The Bertz CT molecular complexity index is 348. The van der Waals surface area contributed by atoms with Crippen molar-refractivity contribution < 1.29 is 4.39 Å². The summed E-state index contributed by atoms with van der Waals surface area (Å²) in [4.78, 5) is 0. The first kappa shape index (κ1) is 10.2. The van der Waals surface area contributed by atoms with Crippen molar-refractivity contribution in [3.63, 3.8) is 0 Å². The molecule has 14 heavy (non-hydrogen) atoms. The van der Waals surface area contributed by atoms with Gasteiger partial charge in [-0.1, -0.05) is 23.2 Å². The number of benzene rings is 1. The highest BCUT2D eigenvalue weighted by Gasteiger charge is 2.23. The molecule has 4 heteroatoms. The molecule has 1 saturated heterocycles. The van der Waals surface area contributed by atoms with E-state index in [0.717, 1.165) is 19.4 Å². The van der Waals surface area contributed by atoms with Crippen molar-refractivity contribution in [3.05, 3.63) is 33.6 Å². The van der Waals surface area contributed by atoms with Gasteiger partial charge in [-0.3, -0.25) is 0 Å². The van der Waals surface area contributed by atoms with E-state index in [0.29, 0.717) is 15.6 Å². The molecule has 2 rings (SSSR count). The summed E-state index contributed by atoms with van der Waals surface area (Å²) in [5.41, 5.74) is 0.511. The molecule has 1 aliphatic rings. The minimum Gasteiger partial charge on any atom is -0.310 e. The average Bonchev–Trinajstić information content (AvgIpc) is 2.65. The van der Waals surface area contributed by atoms with Gasteiger partial charge in [-0.05, 0) is 31.5 Å². The van der Waals surface area contributed by atoms with Crippen molar-refractivity contribution in [1.29, 1.82) is 0 Å². The monoisotopic (exact) mass is 233 g/mol. The van der Waals surface area contributed by atoms with Crippen LogP contribution in [0.4, 0.5) is 4.39 Å². The first-order valence-electron chi connectivity index (χ1n) is 4.57. The molecule has 1 aliphatic heterocycles. The molecule has 1 aromatic carbocycles. The van der Waals surface area contributed by atoms with Crippen LogP contribution >= 0.6 is 23.2 Å². The third kappa shape index (κ3) is 1.74. The smallest absolute Gasteiger partial charge is 0.129 e. The van der Waals surface area contributed by atoms with Gasteiger partial charge in [-0.2, -0.15) is 0 Å². The SMILES string of the molecule is Fc1ccc(Cl)c(Cl)c1[C@H]1CCCN1. The lowest BCUT2D eigenvalue weighted by Gasteiger charge is -2.14. The molecule has 1 heterocycles. The number of rotatable bonds is 1. The second-order valence-electron chi connectivity index (χ2n) is 3.41. The second kappa shape index (κ2) is 4.05. The van der Waals surface area contributed by atoms with Crippen molar-refractivity contribution in [2.24, 2.45) is 0 Å². The third-order valence-corrected chi connectivity index (χ3v) is 3.31. The zero-order valence-electron chi connectivity index (χ0n) is 7.49. The highest BCUT2D eigenvalue weighted by Crippen LogP contribution is 2.35. The summed E-state index contributed by atoms with van der Waals surface area (Å²) in [5.74, 6) is -0.279. The van der Waals surface area contributed by atoms with Crippen LogP contribution in [0.1, 0.15) is 24.4 Å². The molecule has 0 aliphatic carbocycles. The molecule has 1 aromatic rings. The Morgan fingerprint density at radius 1 is 1.36 bits per heavy atom. The molecule has 0 unspecified atom stereocenters. The third-order valence-electron chi connectivity index (χ3n) is 2.49. The van der Waals surface area contributed by atoms with E-state index in [1.165, 1.54) is 12.1 Å². The molecule has 1 atom stereocenters. The standard InChI is InChI=1S/C10H10Cl2FN/c11-6-3-4-7(13)9(10(6)12)8-2-1-5-14-8/h3-4,8,14H,1-2,5H2/t8-/m1/s1. The second-order valence-corrected chi connectivity index (χ2v) is 4.19. The first-order valence-corrected chi connectivity index (χ1v) is 5.32. The van der Waals surface area contributed by atoms with Gasteiger partial charge in [-0.15, -0.1) is 0 Å². The van der Waals surface area contributed by atoms with Gasteiger partial charge in [0.1, 0.15) is 5.82 Å². The number of hydrogen-bond acceptors (Lipinski definition) is 1. The van der Waals surface area contributed by atoms with Gasteiger partial charge in [0.15, 0.2) is 0 Å². The van der Waals surface area contributed by atoms with Gasteiger partial charge in [-0.25, -0.2) is 4.39 Å². The van der Waals surface area contributed by atoms with Crippen LogP contribution in [-0.2, 0) is 0 Å². The highest BCUT2D eigenvalue weighted by molar-refractivity contribution is 6.42. The van der Waals surface area contributed by atoms with Crippen LogP contribution < -0.4 is 5.32 Å². The van der Waals surface area contributed by atoms with Crippen LogP contribution in [0.15, 0.2) is 12.1 Å². The molecular formula is C10H10Cl2FN. The van der Waals surface area contributed by atoms with Gasteiger partial charge in [0.25, 0.3) is 0 Å². The minimum absolute atomic E-state index is 0.0150. The van der Waals surface area contributed by atoms with E-state index < -0.39 is 0 Å². The Kier molecular flexibility index (Phi) is 2.96. The molecule has 1 N–H and O–H groups in total. The number of nitrogens with one attached hydrogen (secondary N) is 1. The van der Waals surface area contributed by atoms with Crippen LogP contribution in [0.2, 0.25) is 10.0 Å². The van der Waals surface area contributed by atoms with Gasteiger partial charge in [0.05, 0.1) is 10.0 Å². The zero-order chi connectivity index (χ0) is 10.1. The van der Waals surface area contributed by atoms with E-state index in [1.54, 1.807) is 0 Å². The summed E-state index contributed by atoms with van der Waals surface area (Å²) in [6.45, 7) is 0.910. The van der Waals surface area contributed by atoms with Crippen molar-refractivity contribution >= 4 is 23.2 Å². The summed E-state index contributed by atoms with van der Waals surface area (Å²) >= 11 is 11.8. The van der Waals surface area contributed by atoms with Crippen molar-refractivity contribution in [3.8, 4) is 0 Å². The van der Waals surface area contributed by atoms with E-state index in [2.05, 4.69) is 5.32 Å². The predicted molar refractivity (Wildman–Crippen MR) is 56.4 cm³/mol. The van der Waals surface area contributed by atoms with E-state index in [9.17, 15) is 4.39 Å². The summed E-state index contributed by atoms with van der Waals surface area (Å²) in [7, 11) is 0. The lowest BCUT2D eigenvalue weighted by atomic mass is 10.0. The minimum atomic E-state index is -0.279. The Balaban J connectivity index is 2.44. The molecule has 76 valence electrons. The van der Waals surface area contributed by atoms with E-state index in [1.807, 2.05) is 0 Å². The molecule has 0 aromatic heterocycles. The van der Waals surface area contributed by atoms with Crippen LogP contribution in [0, 0.1) is 5.82 Å². The lowest BCUT2D eigenvalue weighted by molar-refractivity contribution is 0.559. The van der Waals surface area contributed by atoms with Gasteiger partial charge in [0, 0.05) is 11.6 Å². The molecule has 1 nitrogen and oxygen atoms in total. The van der Waals surface area contributed by atoms with E-state index >= 15 is 0 Å². The molecule has 0 saturated carbocycles. The first-order chi connectivity index (χ1) is 6.70. The van der Waals surface area contributed by atoms with Crippen molar-refractivity contribution in [2.75, 3.05) is 6.54 Å². The molecule has 0 radical (unpaired) electrons. The summed E-state index contributed by atoms with van der Waals surface area (Å²) < 4.78 is 13.5. The maximum absolute atomic E-state index is 13.5. The molecule has 0 amide bonds. The van der Waals surface area contributed by atoms with Crippen molar-refractivity contribution in [2.45, 2.75) is 18.9 Å². The summed E-state index contributed by atoms with van der Waals surface area (Å²) in [5, 5.41) is 3.95. The van der Waals surface area contributed by atoms with E-state index in [4.69, 9.17) is 23.2 Å². The number of hydrogen-bond donors (Lipinski definition) is 1. The van der Waals surface area contributed by atoms with Gasteiger partial charge >= 0.3 is 0 Å². The van der Waals surface area contributed by atoms with Crippen LogP contribution in [0.3, 0.4) is 0 Å². The number of halogens is 3. The Labute approximate surface area is 92.2 Å². The Hall–Kier alpha value is -0.310. The zero-order valence-corrected chi connectivity index (χ0v) is 9.00. The van der Waals surface area contributed by atoms with E-state index in [-0.39, 0.29) is 11.9 Å². The molecule has 0 bridgehead atoms. The van der Waals surface area contributed by atoms with Crippen LogP contribution in [0.5, 0.6) is 0 Å². The molecular weight excluding hydrogens is 224 g/mol. The average molecular weight is 234 g/mol. The van der Waals surface area contributed by atoms with Crippen LogP contribution in [-0.4, -0.2) is 6.54 Å². The maximum atomic E-state index is 13.5.